The Kier molecular flexibility index (Phi) is 3.60. The molecule has 0 N–H and O–H groups in total. The van der Waals surface area contributed by atoms with Crippen molar-refractivity contribution in [2.75, 3.05) is 14.1 Å². The van der Waals surface area contributed by atoms with E-state index in [1.54, 1.807) is 0 Å². The number of hydrogen-bond donors (Lipinski definition) is 0. The molecule has 26 heavy (non-hydrogen) atoms. The summed E-state index contributed by atoms with van der Waals surface area (Å²) >= 11 is 0. The molecule has 0 saturated carbocycles. The van der Waals surface area contributed by atoms with Crippen molar-refractivity contribution >= 4 is 11.8 Å². The number of benzene rings is 1. The third-order valence-corrected chi connectivity index (χ3v) is 6.30. The number of carbonyl (C=O) groups excluding carboxylic acids is 2. The van der Waals surface area contributed by atoms with Crippen LogP contribution in [0.2, 0.25) is 0 Å². The van der Waals surface area contributed by atoms with E-state index in [-0.39, 0.29) is 0 Å². The van der Waals surface area contributed by atoms with Crippen LogP contribution in [0.1, 0.15) is 5.56 Å². The van der Waals surface area contributed by atoms with Crippen molar-refractivity contribution in [2.45, 2.75) is 24.2 Å². The maximum atomic E-state index is 14.3. The molecule has 7 heteroatoms. The quantitative estimate of drug-likeness (QED) is 0.597. The van der Waals surface area contributed by atoms with Gasteiger partial charge < -0.3 is 0 Å². The molecule has 4 aliphatic rings. The first-order valence-corrected chi connectivity index (χ1v) is 8.54. The second-order valence-electron chi connectivity index (χ2n) is 7.37. The zero-order valence-corrected chi connectivity index (χ0v) is 14.4. The maximum absolute atomic E-state index is 14.3. The molecule has 138 valence electrons. The van der Waals surface area contributed by atoms with Crippen LogP contribution >= 0.6 is 0 Å². The van der Waals surface area contributed by atoms with Crippen LogP contribution in [0.3, 0.4) is 0 Å². The van der Waals surface area contributed by atoms with E-state index < -0.39 is 47.3 Å². The Balaban J connectivity index is 1.84. The molecule has 4 nitrogen and oxygen atoms in total. The Labute approximate surface area is 149 Å². The summed E-state index contributed by atoms with van der Waals surface area (Å²) in [5.74, 6) is -4.03. The van der Waals surface area contributed by atoms with Crippen LogP contribution in [0.25, 0.3) is 0 Å². The molecule has 0 aromatic heterocycles. The third kappa shape index (κ3) is 2.00. The van der Waals surface area contributed by atoms with Crippen molar-refractivity contribution < 1.29 is 22.8 Å². The van der Waals surface area contributed by atoms with E-state index in [2.05, 4.69) is 0 Å². The number of likely N-dealkylation sites (N-methyl/N-ethyl adjacent to an activating group) is 1. The van der Waals surface area contributed by atoms with Crippen LogP contribution in [0.5, 0.6) is 0 Å². The Hall–Kier alpha value is -2.15. The minimum Gasteiger partial charge on any atom is -0.285 e. The monoisotopic (exact) mass is 364 g/mol. The second kappa shape index (κ2) is 5.42. The fourth-order valence-electron chi connectivity index (χ4n) is 5.00. The number of amides is 2. The average Bonchev–Trinajstić information content (AvgIpc) is 2.84. The molecule has 2 bridgehead atoms. The van der Waals surface area contributed by atoms with Gasteiger partial charge >= 0.3 is 6.18 Å². The van der Waals surface area contributed by atoms with Gasteiger partial charge in [0.25, 0.3) is 0 Å². The molecule has 0 spiro atoms. The molecule has 3 heterocycles. The Morgan fingerprint density at radius 3 is 2.35 bits per heavy atom. The summed E-state index contributed by atoms with van der Waals surface area (Å²) in [7, 11) is 2.70. The maximum Gasteiger partial charge on any atom is 0.411 e. The molecule has 1 aromatic carbocycles. The van der Waals surface area contributed by atoms with Crippen molar-refractivity contribution in [3.05, 3.63) is 48.0 Å². The molecular formula is C19H19F3N2O2. The number of halogens is 3. The van der Waals surface area contributed by atoms with E-state index in [4.69, 9.17) is 0 Å². The zero-order valence-electron chi connectivity index (χ0n) is 14.4. The van der Waals surface area contributed by atoms with Gasteiger partial charge in [-0.05, 0) is 19.0 Å². The van der Waals surface area contributed by atoms with Gasteiger partial charge in [0.15, 0.2) is 0 Å². The first kappa shape index (κ1) is 17.3. The lowest BCUT2D eigenvalue weighted by atomic mass is 9.59. The topological polar surface area (TPSA) is 40.6 Å². The molecule has 2 amide bonds. The molecule has 5 rings (SSSR count). The number of fused-ring (bicyclic) bond motifs is 1. The Bertz CT molecular complexity index is 792. The molecule has 1 aliphatic carbocycles. The molecular weight excluding hydrogens is 345 g/mol. The summed E-state index contributed by atoms with van der Waals surface area (Å²) in [5.41, 5.74) is -1.53. The molecule has 0 radical (unpaired) electrons. The highest BCUT2D eigenvalue weighted by atomic mass is 19.4. The highest BCUT2D eigenvalue weighted by Gasteiger charge is 2.75. The molecule has 0 unspecified atom stereocenters. The molecule has 1 aromatic rings. The average molecular weight is 364 g/mol. The van der Waals surface area contributed by atoms with E-state index >= 15 is 0 Å². The largest absolute Gasteiger partial charge is 0.411 e. The van der Waals surface area contributed by atoms with Crippen LogP contribution in [-0.4, -0.2) is 53.5 Å². The van der Waals surface area contributed by atoms with Gasteiger partial charge in [0.2, 0.25) is 11.8 Å². The number of rotatable bonds is 2. The highest BCUT2D eigenvalue weighted by molar-refractivity contribution is 6.06. The summed E-state index contributed by atoms with van der Waals surface area (Å²) < 4.78 is 42.8. The van der Waals surface area contributed by atoms with Gasteiger partial charge in [0.1, 0.15) is 5.54 Å². The van der Waals surface area contributed by atoms with Crippen LogP contribution in [0, 0.1) is 17.8 Å². The van der Waals surface area contributed by atoms with E-state index in [9.17, 15) is 22.8 Å². The van der Waals surface area contributed by atoms with E-state index in [0.717, 1.165) is 16.5 Å². The molecule has 2 fully saturated rings. The smallest absolute Gasteiger partial charge is 0.285 e. The highest BCUT2D eigenvalue weighted by Crippen LogP contribution is 2.58. The Morgan fingerprint density at radius 1 is 1.08 bits per heavy atom. The fraction of sp³-hybridized carbons (Fsp3) is 0.474. The van der Waals surface area contributed by atoms with Crippen LogP contribution < -0.4 is 0 Å². The van der Waals surface area contributed by atoms with Gasteiger partial charge in [-0.1, -0.05) is 42.5 Å². The van der Waals surface area contributed by atoms with Crippen molar-refractivity contribution in [3.63, 3.8) is 0 Å². The number of imide groups is 1. The summed E-state index contributed by atoms with van der Waals surface area (Å²) in [6.45, 7) is 0. The lowest BCUT2D eigenvalue weighted by Crippen LogP contribution is -2.73. The number of alkyl halides is 3. The van der Waals surface area contributed by atoms with Crippen molar-refractivity contribution in [2.24, 2.45) is 17.8 Å². The van der Waals surface area contributed by atoms with Crippen molar-refractivity contribution in [1.29, 1.82) is 0 Å². The predicted molar refractivity (Wildman–Crippen MR) is 87.9 cm³/mol. The number of carbonyl (C=O) groups is 2. The number of piperidine rings is 1. The molecule has 3 aliphatic heterocycles. The van der Waals surface area contributed by atoms with Crippen LogP contribution in [0.4, 0.5) is 13.2 Å². The van der Waals surface area contributed by atoms with Crippen LogP contribution in [-0.2, 0) is 16.0 Å². The normalized spacial score (nSPS) is 36.7. The molecule has 5 atom stereocenters. The summed E-state index contributed by atoms with van der Waals surface area (Å²) in [6, 6.07) is 8.76. The lowest BCUT2D eigenvalue weighted by Gasteiger charge is -2.58. The van der Waals surface area contributed by atoms with Gasteiger partial charge in [0.05, 0.1) is 11.8 Å². The van der Waals surface area contributed by atoms with E-state index in [0.29, 0.717) is 6.42 Å². The summed E-state index contributed by atoms with van der Waals surface area (Å²) in [5, 5.41) is 0. The minimum absolute atomic E-state index is 0.387. The first-order chi connectivity index (χ1) is 12.2. The molecule has 2 saturated heterocycles. The SMILES string of the molecule is CN1C(=O)[C@H]2[C@H]3C=C[C@@](C(F)(F)F)([C@H]2C1=O)N(C)[C@@H]3Cc1ccccc1. The zero-order chi connectivity index (χ0) is 18.9. The third-order valence-electron chi connectivity index (χ3n) is 6.30. The van der Waals surface area contributed by atoms with Gasteiger partial charge in [-0.25, -0.2) is 0 Å². The Morgan fingerprint density at radius 2 is 1.73 bits per heavy atom. The van der Waals surface area contributed by atoms with Crippen LogP contribution in [0.15, 0.2) is 42.5 Å². The number of hydrogen-bond acceptors (Lipinski definition) is 3. The van der Waals surface area contributed by atoms with E-state index in [1.807, 2.05) is 30.3 Å². The first-order valence-electron chi connectivity index (χ1n) is 8.54. The second-order valence-corrected chi connectivity index (χ2v) is 7.37. The minimum atomic E-state index is -4.66. The standard InChI is InChI=1S/C19H19F3N2O2/c1-23-16(25)14-12-8-9-18(19(20,21)22,15(14)17(23)26)24(2)13(12)10-11-6-4-3-5-7-11/h3-9,12-15H,10H2,1-2H3/t12-,13+,14-,15+,18-/m0/s1. The van der Waals surface area contributed by atoms with Gasteiger partial charge in [-0.2, -0.15) is 13.2 Å². The van der Waals surface area contributed by atoms with Gasteiger partial charge in [-0.3, -0.25) is 19.4 Å². The summed E-state index contributed by atoms with van der Waals surface area (Å²) in [4.78, 5) is 27.3. The van der Waals surface area contributed by atoms with Gasteiger partial charge in [-0.15, -0.1) is 0 Å². The fourth-order valence-corrected chi connectivity index (χ4v) is 5.00. The number of nitrogens with zero attached hydrogens (tertiary/aromatic N) is 2. The summed E-state index contributed by atoms with van der Waals surface area (Å²) in [6.07, 6.45) is -1.67. The predicted octanol–water partition coefficient (Wildman–Crippen LogP) is 2.26. The lowest BCUT2D eigenvalue weighted by molar-refractivity contribution is -0.256. The van der Waals surface area contributed by atoms with E-state index in [1.165, 1.54) is 25.1 Å². The van der Waals surface area contributed by atoms with Crippen molar-refractivity contribution in [3.8, 4) is 0 Å². The van der Waals surface area contributed by atoms with Crippen molar-refractivity contribution in [1.82, 2.24) is 9.80 Å². The van der Waals surface area contributed by atoms with Gasteiger partial charge in [0, 0.05) is 19.0 Å². The number of likely N-dealkylation sites (tertiary alicyclic amines) is 1.